The third kappa shape index (κ3) is 3.32. The highest BCUT2D eigenvalue weighted by atomic mass is 16.3. The van der Waals surface area contributed by atoms with Gasteiger partial charge in [0.05, 0.1) is 19.2 Å². The average molecular weight is 262 g/mol. The largest absolute Gasteiger partial charge is 0.388 e. The summed E-state index contributed by atoms with van der Waals surface area (Å²) < 4.78 is 0. The predicted molar refractivity (Wildman–Crippen MR) is 70.2 cm³/mol. The Labute approximate surface area is 112 Å². The molecule has 0 bridgehead atoms. The standard InChI is InChI=1S/C14H18N2O3/c1-15-9-14(19)16(10-13(15)18)8-7-12(17)11-5-3-2-4-6-11/h2-6,12,17H,7-10H2,1H3. The van der Waals surface area contributed by atoms with Gasteiger partial charge in [-0.3, -0.25) is 9.59 Å². The molecule has 1 aromatic rings. The van der Waals surface area contributed by atoms with Crippen molar-refractivity contribution in [3.8, 4) is 0 Å². The molecule has 5 heteroatoms. The van der Waals surface area contributed by atoms with Crippen LogP contribution >= 0.6 is 0 Å². The molecule has 1 aliphatic heterocycles. The van der Waals surface area contributed by atoms with E-state index in [1.165, 1.54) is 9.80 Å². The number of hydrogen-bond donors (Lipinski definition) is 1. The van der Waals surface area contributed by atoms with Gasteiger partial charge in [-0.1, -0.05) is 30.3 Å². The van der Waals surface area contributed by atoms with Gasteiger partial charge in [-0.15, -0.1) is 0 Å². The second-order valence-corrected chi connectivity index (χ2v) is 4.78. The van der Waals surface area contributed by atoms with Crippen molar-refractivity contribution < 1.29 is 14.7 Å². The van der Waals surface area contributed by atoms with E-state index in [-0.39, 0.29) is 24.9 Å². The Kier molecular flexibility index (Phi) is 4.16. The molecular weight excluding hydrogens is 244 g/mol. The zero-order valence-corrected chi connectivity index (χ0v) is 11.0. The summed E-state index contributed by atoms with van der Waals surface area (Å²) in [6.45, 7) is 0.631. The van der Waals surface area contributed by atoms with E-state index in [1.807, 2.05) is 30.3 Å². The molecule has 0 radical (unpaired) electrons. The maximum atomic E-state index is 11.7. The van der Waals surface area contributed by atoms with Crippen LogP contribution in [0.1, 0.15) is 18.1 Å². The molecule has 0 aliphatic carbocycles. The van der Waals surface area contributed by atoms with E-state index in [4.69, 9.17) is 0 Å². The second kappa shape index (κ2) is 5.84. The van der Waals surface area contributed by atoms with Gasteiger partial charge < -0.3 is 14.9 Å². The number of piperazine rings is 1. The lowest BCUT2D eigenvalue weighted by molar-refractivity contribution is -0.149. The minimum atomic E-state index is -0.608. The van der Waals surface area contributed by atoms with Crippen molar-refractivity contribution in [2.75, 3.05) is 26.7 Å². The molecule has 1 N–H and O–H groups in total. The fraction of sp³-hybridized carbons (Fsp3) is 0.429. The number of hydrogen-bond acceptors (Lipinski definition) is 3. The maximum Gasteiger partial charge on any atom is 0.242 e. The lowest BCUT2D eigenvalue weighted by Crippen LogP contribution is -2.52. The summed E-state index contributed by atoms with van der Waals surface area (Å²) in [5.74, 6) is -0.129. The number of rotatable bonds is 4. The van der Waals surface area contributed by atoms with Gasteiger partial charge in [0.2, 0.25) is 11.8 Å². The molecule has 1 saturated heterocycles. The number of carbonyl (C=O) groups excluding carboxylic acids is 2. The van der Waals surface area contributed by atoms with E-state index >= 15 is 0 Å². The summed E-state index contributed by atoms with van der Waals surface area (Å²) in [5.41, 5.74) is 0.829. The first kappa shape index (κ1) is 13.5. The first-order chi connectivity index (χ1) is 9.08. The van der Waals surface area contributed by atoms with Crippen LogP contribution in [0, 0.1) is 0 Å². The molecule has 0 spiro atoms. The van der Waals surface area contributed by atoms with E-state index in [9.17, 15) is 14.7 Å². The fourth-order valence-electron chi connectivity index (χ4n) is 2.09. The van der Waals surface area contributed by atoms with Gasteiger partial charge in [-0.05, 0) is 12.0 Å². The SMILES string of the molecule is CN1CC(=O)N(CCC(O)c2ccccc2)CC1=O. The van der Waals surface area contributed by atoms with E-state index < -0.39 is 6.10 Å². The lowest BCUT2D eigenvalue weighted by atomic mass is 10.1. The third-order valence-electron chi connectivity index (χ3n) is 3.33. The van der Waals surface area contributed by atoms with Crippen LogP contribution < -0.4 is 0 Å². The highest BCUT2D eigenvalue weighted by Crippen LogP contribution is 2.17. The van der Waals surface area contributed by atoms with Crippen LogP contribution in [-0.2, 0) is 9.59 Å². The van der Waals surface area contributed by atoms with Gasteiger partial charge in [0.1, 0.15) is 0 Å². The minimum Gasteiger partial charge on any atom is -0.388 e. The van der Waals surface area contributed by atoms with Gasteiger partial charge in [0.15, 0.2) is 0 Å². The molecular formula is C14H18N2O3. The van der Waals surface area contributed by atoms with E-state index in [1.54, 1.807) is 7.05 Å². The van der Waals surface area contributed by atoms with Crippen molar-refractivity contribution in [1.29, 1.82) is 0 Å². The number of benzene rings is 1. The Morgan fingerprint density at radius 2 is 1.84 bits per heavy atom. The van der Waals surface area contributed by atoms with Gasteiger partial charge >= 0.3 is 0 Å². The van der Waals surface area contributed by atoms with Crippen LogP contribution in [0.4, 0.5) is 0 Å². The van der Waals surface area contributed by atoms with Crippen molar-refractivity contribution in [3.05, 3.63) is 35.9 Å². The van der Waals surface area contributed by atoms with Crippen LogP contribution in [0.5, 0.6) is 0 Å². The van der Waals surface area contributed by atoms with Crippen molar-refractivity contribution >= 4 is 11.8 Å². The van der Waals surface area contributed by atoms with Crippen LogP contribution in [0.3, 0.4) is 0 Å². The van der Waals surface area contributed by atoms with Crippen molar-refractivity contribution in [2.45, 2.75) is 12.5 Å². The number of nitrogens with zero attached hydrogens (tertiary/aromatic N) is 2. The van der Waals surface area contributed by atoms with Crippen LogP contribution in [0.15, 0.2) is 30.3 Å². The zero-order chi connectivity index (χ0) is 13.8. The Morgan fingerprint density at radius 3 is 2.53 bits per heavy atom. The summed E-state index contributed by atoms with van der Waals surface area (Å²) in [5, 5.41) is 10.0. The number of aliphatic hydroxyl groups is 1. The highest BCUT2D eigenvalue weighted by molar-refractivity contribution is 5.92. The van der Waals surface area contributed by atoms with Crippen molar-refractivity contribution in [3.63, 3.8) is 0 Å². The molecule has 19 heavy (non-hydrogen) atoms. The normalized spacial score (nSPS) is 17.8. The third-order valence-corrected chi connectivity index (χ3v) is 3.33. The van der Waals surface area contributed by atoms with Crippen molar-refractivity contribution in [1.82, 2.24) is 9.80 Å². The molecule has 1 aromatic carbocycles. The van der Waals surface area contributed by atoms with Gasteiger partial charge in [-0.2, -0.15) is 0 Å². The molecule has 0 saturated carbocycles. The first-order valence-electron chi connectivity index (χ1n) is 6.32. The summed E-state index contributed by atoms with van der Waals surface area (Å²) >= 11 is 0. The number of carbonyl (C=O) groups is 2. The molecule has 2 rings (SSSR count). The van der Waals surface area contributed by atoms with Crippen LogP contribution in [0.2, 0.25) is 0 Å². The highest BCUT2D eigenvalue weighted by Gasteiger charge is 2.27. The van der Waals surface area contributed by atoms with Crippen LogP contribution in [-0.4, -0.2) is 53.4 Å². The second-order valence-electron chi connectivity index (χ2n) is 4.78. The smallest absolute Gasteiger partial charge is 0.242 e. The van der Waals surface area contributed by atoms with Gasteiger partial charge in [0.25, 0.3) is 0 Å². The maximum absolute atomic E-state index is 11.7. The molecule has 1 unspecified atom stereocenters. The predicted octanol–water partition coefficient (Wildman–Crippen LogP) is 0.411. The summed E-state index contributed by atoms with van der Waals surface area (Å²) in [6.07, 6.45) is -0.170. The number of likely N-dealkylation sites (N-methyl/N-ethyl adjacent to an activating group) is 1. The number of amides is 2. The monoisotopic (exact) mass is 262 g/mol. The van der Waals surface area contributed by atoms with Gasteiger partial charge in [-0.25, -0.2) is 0 Å². The topological polar surface area (TPSA) is 60.9 Å². The van der Waals surface area contributed by atoms with E-state index in [0.29, 0.717) is 13.0 Å². The molecule has 1 atom stereocenters. The summed E-state index contributed by atoms with van der Waals surface area (Å²) in [7, 11) is 1.62. The van der Waals surface area contributed by atoms with Gasteiger partial charge in [0, 0.05) is 13.6 Å². The summed E-state index contributed by atoms with van der Waals surface area (Å²) in [6, 6.07) is 9.31. The molecule has 0 aromatic heterocycles. The number of aliphatic hydroxyl groups excluding tert-OH is 1. The molecule has 1 aliphatic rings. The Morgan fingerprint density at radius 1 is 1.16 bits per heavy atom. The van der Waals surface area contributed by atoms with E-state index in [0.717, 1.165) is 5.56 Å². The van der Waals surface area contributed by atoms with E-state index in [2.05, 4.69) is 0 Å². The van der Waals surface area contributed by atoms with Crippen molar-refractivity contribution in [2.24, 2.45) is 0 Å². The fourth-order valence-corrected chi connectivity index (χ4v) is 2.09. The van der Waals surface area contributed by atoms with Crippen LogP contribution in [0.25, 0.3) is 0 Å². The Bertz CT molecular complexity index is 461. The molecule has 102 valence electrons. The first-order valence-corrected chi connectivity index (χ1v) is 6.32. The molecule has 1 fully saturated rings. The lowest BCUT2D eigenvalue weighted by Gasteiger charge is -2.32. The average Bonchev–Trinajstić information content (AvgIpc) is 2.42. The minimum absolute atomic E-state index is 0.0613. The molecule has 2 amide bonds. The Balaban J connectivity index is 1.88. The Hall–Kier alpha value is -1.88. The quantitative estimate of drug-likeness (QED) is 0.855. The molecule has 1 heterocycles. The summed E-state index contributed by atoms with van der Waals surface area (Å²) in [4.78, 5) is 26.2. The zero-order valence-electron chi connectivity index (χ0n) is 11.0. The molecule has 5 nitrogen and oxygen atoms in total.